The molecular formula is C12H10BrF3N4O. The lowest BCUT2D eigenvalue weighted by Crippen LogP contribution is -2.17. The number of hydrogen-bond acceptors (Lipinski definition) is 4. The third-order valence-electron chi connectivity index (χ3n) is 2.35. The van der Waals surface area contributed by atoms with Crippen molar-refractivity contribution in [2.24, 2.45) is 5.10 Å². The molecule has 5 nitrogen and oxygen atoms in total. The first-order valence-electron chi connectivity index (χ1n) is 5.66. The molecule has 2 N–H and O–H groups in total. The number of nitrogens with two attached hydrogens (primary N) is 1. The van der Waals surface area contributed by atoms with Gasteiger partial charge in [0.1, 0.15) is 5.75 Å². The van der Waals surface area contributed by atoms with Gasteiger partial charge in [-0.25, -0.2) is 9.66 Å². The number of imidazole rings is 1. The average Bonchev–Trinajstić information content (AvgIpc) is 2.67. The molecule has 2 aromatic rings. The Balaban J connectivity index is 2.25. The SMILES string of the molecule is Cc1cn(N=Cc2ccc(Br)c(OC(F)(F)F)c2)c(N)n1. The zero-order valence-corrected chi connectivity index (χ0v) is 12.3. The van der Waals surface area contributed by atoms with Crippen LogP contribution in [0.2, 0.25) is 0 Å². The molecule has 21 heavy (non-hydrogen) atoms. The van der Waals surface area contributed by atoms with E-state index in [2.05, 4.69) is 30.8 Å². The summed E-state index contributed by atoms with van der Waals surface area (Å²) in [5, 5.41) is 4.02. The molecule has 1 aromatic heterocycles. The van der Waals surface area contributed by atoms with Crippen molar-refractivity contribution in [3.8, 4) is 5.75 Å². The summed E-state index contributed by atoms with van der Waals surface area (Å²) in [5.74, 6) is -0.158. The van der Waals surface area contributed by atoms with Crippen molar-refractivity contribution in [1.29, 1.82) is 0 Å². The minimum atomic E-state index is -4.76. The third-order valence-corrected chi connectivity index (χ3v) is 3.00. The van der Waals surface area contributed by atoms with E-state index in [0.717, 1.165) is 0 Å². The molecule has 0 saturated heterocycles. The molecule has 0 aliphatic rings. The van der Waals surface area contributed by atoms with Crippen LogP contribution in [0.1, 0.15) is 11.3 Å². The molecule has 0 atom stereocenters. The van der Waals surface area contributed by atoms with Crippen LogP contribution in [0.4, 0.5) is 19.1 Å². The summed E-state index contributed by atoms with van der Waals surface area (Å²) in [4.78, 5) is 3.95. The fraction of sp³-hybridized carbons (Fsp3) is 0.167. The number of halogens is 4. The first-order valence-corrected chi connectivity index (χ1v) is 6.45. The van der Waals surface area contributed by atoms with E-state index < -0.39 is 6.36 Å². The highest BCUT2D eigenvalue weighted by molar-refractivity contribution is 9.10. The summed E-state index contributed by atoms with van der Waals surface area (Å²) in [6, 6.07) is 4.22. The predicted molar refractivity (Wildman–Crippen MR) is 75.2 cm³/mol. The average molecular weight is 363 g/mol. The molecule has 0 fully saturated rings. The molecule has 0 aliphatic heterocycles. The van der Waals surface area contributed by atoms with Crippen molar-refractivity contribution in [3.63, 3.8) is 0 Å². The fourth-order valence-electron chi connectivity index (χ4n) is 1.53. The highest BCUT2D eigenvalue weighted by Crippen LogP contribution is 2.30. The van der Waals surface area contributed by atoms with Gasteiger partial charge in [0.05, 0.1) is 22.6 Å². The van der Waals surface area contributed by atoms with Crippen LogP contribution in [0.5, 0.6) is 5.75 Å². The fourth-order valence-corrected chi connectivity index (χ4v) is 1.86. The van der Waals surface area contributed by atoms with E-state index in [4.69, 9.17) is 5.73 Å². The number of ether oxygens (including phenoxy) is 1. The molecule has 0 bridgehead atoms. The Bertz CT molecular complexity index is 682. The predicted octanol–water partition coefficient (Wildman–Crippen LogP) is 3.32. The van der Waals surface area contributed by atoms with Gasteiger partial charge in [-0.15, -0.1) is 13.2 Å². The second kappa shape index (κ2) is 5.76. The third kappa shape index (κ3) is 4.22. The van der Waals surface area contributed by atoms with E-state index in [-0.39, 0.29) is 16.2 Å². The van der Waals surface area contributed by atoms with E-state index in [9.17, 15) is 13.2 Å². The van der Waals surface area contributed by atoms with Gasteiger partial charge < -0.3 is 10.5 Å². The number of nitrogens with zero attached hydrogens (tertiary/aromatic N) is 3. The minimum absolute atomic E-state index is 0.188. The van der Waals surface area contributed by atoms with Crippen molar-refractivity contribution >= 4 is 28.1 Å². The van der Waals surface area contributed by atoms with Crippen LogP contribution in [0.15, 0.2) is 34.0 Å². The molecule has 2 rings (SSSR count). The van der Waals surface area contributed by atoms with Crippen LogP contribution in [0, 0.1) is 6.92 Å². The van der Waals surface area contributed by atoms with Crippen LogP contribution in [-0.2, 0) is 0 Å². The van der Waals surface area contributed by atoms with E-state index in [1.165, 1.54) is 23.0 Å². The summed E-state index contributed by atoms with van der Waals surface area (Å²) >= 11 is 2.99. The smallest absolute Gasteiger partial charge is 0.405 e. The van der Waals surface area contributed by atoms with Gasteiger partial charge in [-0.05, 0) is 40.5 Å². The lowest BCUT2D eigenvalue weighted by Gasteiger charge is -2.10. The number of aromatic nitrogens is 2. The number of hydrogen-bond donors (Lipinski definition) is 1. The Morgan fingerprint density at radius 1 is 1.43 bits per heavy atom. The summed E-state index contributed by atoms with van der Waals surface area (Å²) < 4.78 is 42.2. The highest BCUT2D eigenvalue weighted by atomic mass is 79.9. The lowest BCUT2D eigenvalue weighted by molar-refractivity contribution is -0.274. The Kier molecular flexibility index (Phi) is 4.21. The molecule has 112 valence electrons. The molecule has 1 aromatic carbocycles. The monoisotopic (exact) mass is 362 g/mol. The normalized spacial score (nSPS) is 12.0. The van der Waals surface area contributed by atoms with Crippen LogP contribution in [-0.4, -0.2) is 22.2 Å². The van der Waals surface area contributed by atoms with Crippen molar-refractivity contribution in [2.45, 2.75) is 13.3 Å². The van der Waals surface area contributed by atoms with Gasteiger partial charge in [0.25, 0.3) is 0 Å². The topological polar surface area (TPSA) is 65.4 Å². The number of benzene rings is 1. The maximum absolute atomic E-state index is 12.3. The van der Waals surface area contributed by atoms with E-state index in [1.54, 1.807) is 19.2 Å². The second-order valence-corrected chi connectivity index (χ2v) is 4.92. The molecule has 0 amide bonds. The molecule has 0 unspecified atom stereocenters. The largest absolute Gasteiger partial charge is 0.573 e. The van der Waals surface area contributed by atoms with E-state index in [1.807, 2.05) is 0 Å². The van der Waals surface area contributed by atoms with Crippen molar-refractivity contribution in [1.82, 2.24) is 9.66 Å². The van der Waals surface area contributed by atoms with E-state index in [0.29, 0.717) is 11.3 Å². The second-order valence-electron chi connectivity index (χ2n) is 4.07. The molecule has 1 heterocycles. The van der Waals surface area contributed by atoms with Crippen molar-refractivity contribution < 1.29 is 17.9 Å². The standard InChI is InChI=1S/C12H10BrF3N4O/c1-7-6-20(11(17)19-7)18-5-8-2-3-9(13)10(4-8)21-12(14,15)16/h2-6H,1H3,(H2,17,19). The van der Waals surface area contributed by atoms with Crippen LogP contribution >= 0.6 is 15.9 Å². The van der Waals surface area contributed by atoms with Gasteiger partial charge in [-0.1, -0.05) is 6.07 Å². The zero-order chi connectivity index (χ0) is 15.6. The van der Waals surface area contributed by atoms with Crippen LogP contribution in [0.3, 0.4) is 0 Å². The maximum Gasteiger partial charge on any atom is 0.573 e. The van der Waals surface area contributed by atoms with Crippen LogP contribution < -0.4 is 10.5 Å². The van der Waals surface area contributed by atoms with Gasteiger partial charge in [-0.2, -0.15) is 5.10 Å². The summed E-state index contributed by atoms with van der Waals surface area (Å²) in [6.07, 6.45) is -1.81. The molecule has 0 saturated carbocycles. The zero-order valence-electron chi connectivity index (χ0n) is 10.7. The Labute approximate surface area is 126 Å². The van der Waals surface area contributed by atoms with Crippen molar-refractivity contribution in [2.75, 3.05) is 5.73 Å². The summed E-state index contributed by atoms with van der Waals surface area (Å²) in [6.45, 7) is 1.75. The van der Waals surface area contributed by atoms with Crippen molar-refractivity contribution in [3.05, 3.63) is 40.1 Å². The number of nitrogen functional groups attached to an aromatic ring is 1. The Morgan fingerprint density at radius 2 is 2.14 bits per heavy atom. The molecule has 0 spiro atoms. The quantitative estimate of drug-likeness (QED) is 0.851. The number of alkyl halides is 3. The first kappa shape index (κ1) is 15.4. The first-order chi connectivity index (χ1) is 9.74. The minimum Gasteiger partial charge on any atom is -0.405 e. The van der Waals surface area contributed by atoms with Gasteiger partial charge in [0.2, 0.25) is 5.95 Å². The van der Waals surface area contributed by atoms with Gasteiger partial charge in [-0.3, -0.25) is 0 Å². The molecule has 0 radical (unpaired) electrons. The number of rotatable bonds is 3. The molecule has 9 heteroatoms. The van der Waals surface area contributed by atoms with Gasteiger partial charge in [0, 0.05) is 0 Å². The summed E-state index contributed by atoms with van der Waals surface area (Å²) in [7, 11) is 0. The van der Waals surface area contributed by atoms with E-state index >= 15 is 0 Å². The lowest BCUT2D eigenvalue weighted by atomic mass is 10.2. The number of anilines is 1. The summed E-state index contributed by atoms with van der Waals surface area (Å²) in [5.41, 5.74) is 6.70. The van der Waals surface area contributed by atoms with Gasteiger partial charge >= 0.3 is 6.36 Å². The maximum atomic E-state index is 12.3. The number of aryl methyl sites for hydroxylation is 1. The molecule has 0 aliphatic carbocycles. The highest BCUT2D eigenvalue weighted by Gasteiger charge is 2.31. The Morgan fingerprint density at radius 3 is 2.71 bits per heavy atom. The molecular weight excluding hydrogens is 353 g/mol. The Hall–Kier alpha value is -2.03. The van der Waals surface area contributed by atoms with Crippen LogP contribution in [0.25, 0.3) is 0 Å². The van der Waals surface area contributed by atoms with Gasteiger partial charge in [0.15, 0.2) is 0 Å².